The van der Waals surface area contributed by atoms with Crippen LogP contribution in [0.1, 0.15) is 37.2 Å². The van der Waals surface area contributed by atoms with E-state index in [1.54, 1.807) is 35.7 Å². The highest BCUT2D eigenvalue weighted by molar-refractivity contribution is 7.89. The summed E-state index contributed by atoms with van der Waals surface area (Å²) in [5.41, 5.74) is 2.46. The lowest BCUT2D eigenvalue weighted by Gasteiger charge is -2.18. The first-order valence-corrected chi connectivity index (χ1v) is 11.9. The Hall–Kier alpha value is -2.75. The molecule has 0 unspecified atom stereocenters. The van der Waals surface area contributed by atoms with Gasteiger partial charge >= 0.3 is 5.76 Å². The number of hydrogen-bond donors (Lipinski definition) is 1. The van der Waals surface area contributed by atoms with E-state index in [0.717, 1.165) is 5.56 Å². The Balaban J connectivity index is 1.70. The van der Waals surface area contributed by atoms with Crippen LogP contribution in [0.15, 0.2) is 73.5 Å². The van der Waals surface area contributed by atoms with E-state index < -0.39 is 21.8 Å². The van der Waals surface area contributed by atoms with E-state index in [2.05, 4.69) is 9.71 Å². The monoisotopic (exact) mass is 443 g/mol. The molecule has 0 aliphatic rings. The molecule has 9 heteroatoms. The standard InChI is InChI=1S/C21H21N3O4S2/c1-14(2)24-19-7-6-16(12-20(19)28-21(24)25)30(26,27)23-18(11-15-8-10-29-13-15)17-5-3-4-9-22-17/h3-10,12-14,18,23H,11H2,1-2H3/t18-/m0/s1. The van der Waals surface area contributed by atoms with Crippen LogP contribution in [0.25, 0.3) is 11.1 Å². The summed E-state index contributed by atoms with van der Waals surface area (Å²) in [5.74, 6) is -0.508. The van der Waals surface area contributed by atoms with Gasteiger partial charge in [-0.3, -0.25) is 9.55 Å². The highest BCUT2D eigenvalue weighted by atomic mass is 32.2. The number of oxazole rings is 1. The van der Waals surface area contributed by atoms with E-state index in [0.29, 0.717) is 17.6 Å². The third-order valence-corrected chi connectivity index (χ3v) is 6.98. The molecular formula is C21H21N3O4S2. The van der Waals surface area contributed by atoms with Gasteiger partial charge in [-0.1, -0.05) is 6.07 Å². The maximum atomic E-state index is 13.2. The molecule has 0 saturated heterocycles. The van der Waals surface area contributed by atoms with Crippen molar-refractivity contribution in [3.05, 3.63) is 81.2 Å². The van der Waals surface area contributed by atoms with Crippen molar-refractivity contribution >= 4 is 32.5 Å². The molecule has 0 bridgehead atoms. The van der Waals surface area contributed by atoms with Crippen LogP contribution >= 0.6 is 11.3 Å². The predicted molar refractivity (Wildman–Crippen MR) is 116 cm³/mol. The first kappa shape index (κ1) is 20.5. The third-order valence-electron chi connectivity index (χ3n) is 4.77. The second-order valence-corrected chi connectivity index (χ2v) is 9.72. The van der Waals surface area contributed by atoms with E-state index >= 15 is 0 Å². The molecule has 1 aromatic carbocycles. The Morgan fingerprint density at radius 2 is 2.03 bits per heavy atom. The van der Waals surface area contributed by atoms with Crippen LogP contribution in [0.3, 0.4) is 0 Å². The molecule has 3 heterocycles. The number of sulfonamides is 1. The summed E-state index contributed by atoms with van der Waals surface area (Å²) < 4.78 is 35.8. The van der Waals surface area contributed by atoms with Crippen molar-refractivity contribution in [1.29, 1.82) is 0 Å². The van der Waals surface area contributed by atoms with Gasteiger partial charge in [0.2, 0.25) is 10.0 Å². The van der Waals surface area contributed by atoms with Gasteiger partial charge in [0.05, 0.1) is 22.1 Å². The summed E-state index contributed by atoms with van der Waals surface area (Å²) in [6, 6.07) is 11.2. The molecular weight excluding hydrogens is 422 g/mol. The quantitative estimate of drug-likeness (QED) is 0.468. The van der Waals surface area contributed by atoms with Crippen molar-refractivity contribution in [2.45, 2.75) is 37.2 Å². The first-order valence-electron chi connectivity index (χ1n) is 9.44. The number of hydrogen-bond acceptors (Lipinski definition) is 6. The number of thiophene rings is 1. The molecule has 30 heavy (non-hydrogen) atoms. The molecule has 1 N–H and O–H groups in total. The van der Waals surface area contributed by atoms with Gasteiger partial charge in [-0.2, -0.15) is 11.3 Å². The number of pyridine rings is 1. The summed E-state index contributed by atoms with van der Waals surface area (Å²) in [6.07, 6.45) is 2.11. The zero-order valence-corrected chi connectivity index (χ0v) is 18.1. The molecule has 0 radical (unpaired) electrons. The Labute approximate surface area is 178 Å². The Kier molecular flexibility index (Phi) is 5.59. The highest BCUT2D eigenvalue weighted by Crippen LogP contribution is 2.24. The molecule has 3 aromatic heterocycles. The predicted octanol–water partition coefficient (Wildman–Crippen LogP) is 3.89. The fraction of sp³-hybridized carbons (Fsp3) is 0.238. The van der Waals surface area contributed by atoms with Crippen LogP contribution in [-0.2, 0) is 16.4 Å². The van der Waals surface area contributed by atoms with Crippen LogP contribution in [0.4, 0.5) is 0 Å². The van der Waals surface area contributed by atoms with Gasteiger partial charge in [-0.25, -0.2) is 17.9 Å². The minimum atomic E-state index is -3.88. The maximum Gasteiger partial charge on any atom is 0.420 e. The minimum absolute atomic E-state index is 0.0332. The van der Waals surface area contributed by atoms with Crippen molar-refractivity contribution in [2.24, 2.45) is 0 Å². The fourth-order valence-electron chi connectivity index (χ4n) is 3.36. The molecule has 0 fully saturated rings. The molecule has 0 spiro atoms. The first-order chi connectivity index (χ1) is 14.3. The smallest absolute Gasteiger partial charge is 0.408 e. The SMILES string of the molecule is CC(C)n1c(=O)oc2cc(S(=O)(=O)N[C@@H](Cc3ccsc3)c3ccccn3)ccc21. The van der Waals surface area contributed by atoms with Gasteiger partial charge in [0.15, 0.2) is 5.58 Å². The zero-order valence-electron chi connectivity index (χ0n) is 16.5. The fourth-order valence-corrected chi connectivity index (χ4v) is 5.27. The summed E-state index contributed by atoms with van der Waals surface area (Å²) in [6.45, 7) is 3.73. The molecule has 0 aliphatic heterocycles. The molecule has 0 amide bonds. The van der Waals surface area contributed by atoms with Gasteiger partial charge in [-0.05, 0) is 66.9 Å². The van der Waals surface area contributed by atoms with Gasteiger partial charge in [0, 0.05) is 18.3 Å². The maximum absolute atomic E-state index is 13.2. The topological polar surface area (TPSA) is 94.2 Å². The Morgan fingerprint density at radius 3 is 2.70 bits per heavy atom. The summed E-state index contributed by atoms with van der Waals surface area (Å²) >= 11 is 1.56. The lowest BCUT2D eigenvalue weighted by molar-refractivity contribution is 0.478. The van der Waals surface area contributed by atoms with Gasteiger partial charge in [-0.15, -0.1) is 0 Å². The summed E-state index contributed by atoms with van der Waals surface area (Å²) in [7, 11) is -3.88. The van der Waals surface area contributed by atoms with Crippen molar-refractivity contribution in [3.63, 3.8) is 0 Å². The molecule has 0 saturated carbocycles. The molecule has 1 atom stereocenters. The van der Waals surface area contributed by atoms with Crippen LogP contribution < -0.4 is 10.5 Å². The third kappa shape index (κ3) is 4.09. The number of nitrogens with one attached hydrogen (secondary N) is 1. The largest absolute Gasteiger partial charge is 0.420 e. The molecule has 0 aliphatic carbocycles. The van der Waals surface area contributed by atoms with E-state index in [1.165, 1.54) is 16.7 Å². The number of benzene rings is 1. The van der Waals surface area contributed by atoms with Gasteiger partial charge in [0.25, 0.3) is 0 Å². The van der Waals surface area contributed by atoms with Crippen molar-refractivity contribution < 1.29 is 12.8 Å². The van der Waals surface area contributed by atoms with Crippen LogP contribution in [-0.4, -0.2) is 18.0 Å². The molecule has 4 rings (SSSR count). The molecule has 4 aromatic rings. The Morgan fingerprint density at radius 1 is 1.20 bits per heavy atom. The van der Waals surface area contributed by atoms with Crippen LogP contribution in [0.2, 0.25) is 0 Å². The van der Waals surface area contributed by atoms with E-state index in [1.807, 2.05) is 36.7 Å². The zero-order chi connectivity index (χ0) is 21.3. The highest BCUT2D eigenvalue weighted by Gasteiger charge is 2.24. The lowest BCUT2D eigenvalue weighted by Crippen LogP contribution is -2.30. The summed E-state index contributed by atoms with van der Waals surface area (Å²) in [5, 5.41) is 3.94. The molecule has 7 nitrogen and oxygen atoms in total. The average molecular weight is 444 g/mol. The number of fused-ring (bicyclic) bond motifs is 1. The van der Waals surface area contributed by atoms with Crippen molar-refractivity contribution in [2.75, 3.05) is 0 Å². The number of nitrogens with zero attached hydrogens (tertiary/aromatic N) is 2. The van der Waals surface area contributed by atoms with Gasteiger partial charge in [0.1, 0.15) is 0 Å². The average Bonchev–Trinajstić information content (AvgIpc) is 3.33. The van der Waals surface area contributed by atoms with E-state index in [-0.39, 0.29) is 16.5 Å². The number of aromatic nitrogens is 2. The normalized spacial score (nSPS) is 13.2. The van der Waals surface area contributed by atoms with E-state index in [9.17, 15) is 13.2 Å². The Bertz CT molecular complexity index is 1310. The second kappa shape index (κ2) is 8.17. The summed E-state index contributed by atoms with van der Waals surface area (Å²) in [4.78, 5) is 16.5. The van der Waals surface area contributed by atoms with Crippen LogP contribution in [0.5, 0.6) is 0 Å². The van der Waals surface area contributed by atoms with Crippen molar-refractivity contribution in [1.82, 2.24) is 14.3 Å². The lowest BCUT2D eigenvalue weighted by atomic mass is 10.1. The molecule has 156 valence electrons. The van der Waals surface area contributed by atoms with E-state index in [4.69, 9.17) is 4.42 Å². The second-order valence-electron chi connectivity index (χ2n) is 7.23. The van der Waals surface area contributed by atoms with Crippen molar-refractivity contribution in [3.8, 4) is 0 Å². The van der Waals surface area contributed by atoms with Crippen LogP contribution in [0, 0.1) is 0 Å². The number of rotatable bonds is 7. The minimum Gasteiger partial charge on any atom is -0.408 e. The van der Waals surface area contributed by atoms with Gasteiger partial charge < -0.3 is 4.42 Å².